The maximum absolute atomic E-state index is 6.35. The van der Waals surface area contributed by atoms with Crippen molar-refractivity contribution in [2.45, 2.75) is 58.0 Å². The van der Waals surface area contributed by atoms with Crippen molar-refractivity contribution in [1.29, 1.82) is 0 Å². The Morgan fingerprint density at radius 3 is 2.25 bits per heavy atom. The van der Waals surface area contributed by atoms with Gasteiger partial charge in [0.2, 0.25) is 0 Å². The summed E-state index contributed by atoms with van der Waals surface area (Å²) in [7, 11) is 0. The molecule has 1 aromatic rings. The van der Waals surface area contributed by atoms with E-state index in [1.165, 1.54) is 32.1 Å². The molecule has 0 amide bonds. The van der Waals surface area contributed by atoms with Gasteiger partial charge in [0.05, 0.1) is 6.04 Å². The average molecular weight is 274 g/mol. The van der Waals surface area contributed by atoms with Gasteiger partial charge in [0.15, 0.2) is 0 Å². The first-order valence-electron chi connectivity index (χ1n) is 8.28. The fourth-order valence-electron chi connectivity index (χ4n) is 5.37. The van der Waals surface area contributed by atoms with Crippen molar-refractivity contribution in [2.75, 3.05) is 0 Å². The highest BCUT2D eigenvalue weighted by Crippen LogP contribution is 2.58. The highest BCUT2D eigenvalue weighted by Gasteiger charge is 2.49. The van der Waals surface area contributed by atoms with Crippen LogP contribution < -0.4 is 5.73 Å². The quantitative estimate of drug-likeness (QED) is 0.922. The van der Waals surface area contributed by atoms with Gasteiger partial charge in [-0.2, -0.15) is 0 Å². The molecule has 4 nitrogen and oxygen atoms in total. The molecule has 4 aliphatic carbocycles. The predicted molar refractivity (Wildman–Crippen MR) is 77.9 cm³/mol. The maximum atomic E-state index is 6.35. The van der Waals surface area contributed by atoms with E-state index in [0.717, 1.165) is 29.5 Å². The Morgan fingerprint density at radius 1 is 1.10 bits per heavy atom. The topological polar surface area (TPSA) is 56.7 Å². The summed E-state index contributed by atoms with van der Waals surface area (Å²) < 4.78 is 2.36. The summed E-state index contributed by atoms with van der Waals surface area (Å²) in [5.41, 5.74) is 6.35. The fourth-order valence-corrected chi connectivity index (χ4v) is 5.37. The van der Waals surface area contributed by atoms with Gasteiger partial charge in [-0.25, -0.2) is 0 Å². The Labute approximate surface area is 121 Å². The van der Waals surface area contributed by atoms with Gasteiger partial charge in [-0.1, -0.05) is 13.8 Å². The summed E-state index contributed by atoms with van der Waals surface area (Å²) >= 11 is 0. The number of hydrogen-bond donors (Lipinski definition) is 1. The number of aromatic nitrogens is 3. The largest absolute Gasteiger partial charge is 0.321 e. The molecule has 4 bridgehead atoms. The van der Waals surface area contributed by atoms with Gasteiger partial charge in [-0.05, 0) is 61.7 Å². The van der Waals surface area contributed by atoms with E-state index in [1.54, 1.807) is 0 Å². The van der Waals surface area contributed by atoms with Crippen molar-refractivity contribution in [3.05, 3.63) is 12.2 Å². The van der Waals surface area contributed by atoms with Crippen LogP contribution in [-0.2, 0) is 0 Å². The number of hydrogen-bond acceptors (Lipinski definition) is 3. The Morgan fingerprint density at radius 2 is 1.70 bits per heavy atom. The minimum absolute atomic E-state index is 0.00897. The van der Waals surface area contributed by atoms with Crippen molar-refractivity contribution in [3.63, 3.8) is 0 Å². The van der Waals surface area contributed by atoms with Crippen LogP contribution in [0.3, 0.4) is 0 Å². The summed E-state index contributed by atoms with van der Waals surface area (Å²) in [5, 5.41) is 8.55. The molecular weight excluding hydrogens is 248 g/mol. The Kier molecular flexibility index (Phi) is 2.92. The van der Waals surface area contributed by atoms with Crippen molar-refractivity contribution in [3.8, 4) is 0 Å². The summed E-state index contributed by atoms with van der Waals surface area (Å²) in [6.45, 7) is 4.33. The molecular formula is C16H26N4. The van der Waals surface area contributed by atoms with Crippen LogP contribution in [0, 0.1) is 29.6 Å². The lowest BCUT2D eigenvalue weighted by Crippen LogP contribution is -2.46. The monoisotopic (exact) mass is 274 g/mol. The van der Waals surface area contributed by atoms with Crippen LogP contribution in [0.25, 0.3) is 0 Å². The van der Waals surface area contributed by atoms with Crippen LogP contribution in [0.15, 0.2) is 6.33 Å². The van der Waals surface area contributed by atoms with E-state index in [9.17, 15) is 0 Å². The third-order valence-electron chi connectivity index (χ3n) is 6.12. The van der Waals surface area contributed by atoms with Crippen LogP contribution in [0.2, 0.25) is 0 Å². The van der Waals surface area contributed by atoms with E-state index in [-0.39, 0.29) is 6.04 Å². The van der Waals surface area contributed by atoms with Crippen LogP contribution >= 0.6 is 0 Å². The molecule has 1 heterocycles. The molecule has 0 spiro atoms. The third-order valence-corrected chi connectivity index (χ3v) is 6.12. The summed E-state index contributed by atoms with van der Waals surface area (Å²) in [4.78, 5) is 0. The minimum atomic E-state index is 0.00897. The minimum Gasteiger partial charge on any atom is -0.321 e. The van der Waals surface area contributed by atoms with Crippen LogP contribution in [0.1, 0.15) is 63.9 Å². The van der Waals surface area contributed by atoms with Crippen LogP contribution in [0.4, 0.5) is 0 Å². The Bertz CT molecular complexity index is 464. The van der Waals surface area contributed by atoms with Gasteiger partial charge >= 0.3 is 0 Å². The molecule has 1 aromatic heterocycles. The number of nitrogens with two attached hydrogens (primary N) is 1. The van der Waals surface area contributed by atoms with Crippen molar-refractivity contribution in [1.82, 2.24) is 14.8 Å². The molecule has 4 fully saturated rings. The Balaban J connectivity index is 1.67. The SMILES string of the molecule is CC(C)C(N)c1nncn1C1C2CC3CC(C2)CC1C3. The average Bonchev–Trinajstić information content (AvgIpc) is 2.85. The lowest BCUT2D eigenvalue weighted by atomic mass is 9.54. The summed E-state index contributed by atoms with van der Waals surface area (Å²) in [5.74, 6) is 5.13. The molecule has 5 rings (SSSR count). The molecule has 0 aromatic carbocycles. The van der Waals surface area contributed by atoms with Gasteiger partial charge in [0.25, 0.3) is 0 Å². The second-order valence-corrected chi connectivity index (χ2v) is 7.79. The van der Waals surface area contributed by atoms with E-state index in [2.05, 4.69) is 28.6 Å². The zero-order valence-electron chi connectivity index (χ0n) is 12.6. The molecule has 1 unspecified atom stereocenters. The highest BCUT2D eigenvalue weighted by atomic mass is 15.3. The van der Waals surface area contributed by atoms with Gasteiger partial charge < -0.3 is 10.3 Å². The number of nitrogens with zero attached hydrogens (tertiary/aromatic N) is 3. The first kappa shape index (κ1) is 12.8. The molecule has 0 aliphatic heterocycles. The first-order valence-corrected chi connectivity index (χ1v) is 8.28. The van der Waals surface area contributed by atoms with Crippen LogP contribution in [0.5, 0.6) is 0 Å². The van der Waals surface area contributed by atoms with E-state index in [1.807, 2.05) is 6.33 Å². The molecule has 0 radical (unpaired) electrons. The summed E-state index contributed by atoms with van der Waals surface area (Å²) in [6.07, 6.45) is 9.14. The van der Waals surface area contributed by atoms with E-state index >= 15 is 0 Å². The lowest BCUT2D eigenvalue weighted by Gasteiger charge is -2.54. The molecule has 4 saturated carbocycles. The fraction of sp³-hybridized carbons (Fsp3) is 0.875. The second kappa shape index (κ2) is 4.55. The van der Waals surface area contributed by atoms with E-state index in [4.69, 9.17) is 5.73 Å². The third kappa shape index (κ3) is 1.84. The highest BCUT2D eigenvalue weighted by molar-refractivity contribution is 5.06. The van der Waals surface area contributed by atoms with Gasteiger partial charge in [-0.3, -0.25) is 0 Å². The van der Waals surface area contributed by atoms with Gasteiger partial charge in [-0.15, -0.1) is 10.2 Å². The molecule has 4 aliphatic rings. The standard InChI is InChI=1S/C16H26N4/c1-9(2)14(17)16-19-18-8-20(16)15-12-4-10-3-11(6-12)7-13(15)5-10/h8-15H,3-7,17H2,1-2H3. The zero-order valence-corrected chi connectivity index (χ0v) is 12.6. The number of rotatable bonds is 3. The van der Waals surface area contributed by atoms with Crippen molar-refractivity contribution < 1.29 is 0 Å². The van der Waals surface area contributed by atoms with E-state index < -0.39 is 0 Å². The molecule has 110 valence electrons. The maximum Gasteiger partial charge on any atom is 0.150 e. The molecule has 0 saturated heterocycles. The molecule has 20 heavy (non-hydrogen) atoms. The zero-order chi connectivity index (χ0) is 13.9. The van der Waals surface area contributed by atoms with Crippen molar-refractivity contribution in [2.24, 2.45) is 35.3 Å². The van der Waals surface area contributed by atoms with E-state index in [0.29, 0.717) is 12.0 Å². The van der Waals surface area contributed by atoms with Gasteiger partial charge in [0.1, 0.15) is 12.2 Å². The van der Waals surface area contributed by atoms with Crippen LogP contribution in [-0.4, -0.2) is 14.8 Å². The summed E-state index contributed by atoms with van der Waals surface area (Å²) in [6, 6.07) is 0.632. The van der Waals surface area contributed by atoms with Gasteiger partial charge in [0, 0.05) is 6.04 Å². The Hall–Kier alpha value is -0.900. The lowest BCUT2D eigenvalue weighted by molar-refractivity contribution is -0.0307. The first-order chi connectivity index (χ1) is 9.63. The smallest absolute Gasteiger partial charge is 0.150 e. The molecule has 1 atom stereocenters. The molecule has 2 N–H and O–H groups in total. The normalized spacial score (nSPS) is 40.5. The van der Waals surface area contributed by atoms with Crippen molar-refractivity contribution >= 4 is 0 Å². The predicted octanol–water partition coefficient (Wildman–Crippen LogP) is 2.93. The second-order valence-electron chi connectivity index (χ2n) is 7.79. The molecule has 4 heteroatoms.